The van der Waals surface area contributed by atoms with E-state index in [1.807, 2.05) is 48.5 Å². The number of carbonyl (C=O) groups excluding carboxylic acids is 3. The molecule has 0 aromatic heterocycles. The molecule has 8 rings (SSSR count). The van der Waals surface area contributed by atoms with E-state index in [-0.39, 0.29) is 29.8 Å². The maximum Gasteiger partial charge on any atom is 0.269 e. The third kappa shape index (κ3) is 3.92. The number of nitrogens with one attached hydrogen (secondary N) is 1. The highest BCUT2D eigenvalue weighted by atomic mass is 35.5. The molecule has 10 heteroatoms. The van der Waals surface area contributed by atoms with Crippen LogP contribution in [-0.2, 0) is 26.2 Å². The second kappa shape index (κ2) is 9.99. The van der Waals surface area contributed by atoms with E-state index in [1.165, 1.54) is 29.2 Å². The van der Waals surface area contributed by atoms with Gasteiger partial charge in [-0.1, -0.05) is 84.4 Å². The second-order valence-corrected chi connectivity index (χ2v) is 11.3. The summed E-state index contributed by atoms with van der Waals surface area (Å²) >= 11 is 6.49. The largest absolute Gasteiger partial charge is 0.274 e. The van der Waals surface area contributed by atoms with Crippen molar-refractivity contribution in [2.75, 3.05) is 4.90 Å². The van der Waals surface area contributed by atoms with E-state index in [2.05, 4.69) is 10.5 Å². The Hall–Kier alpha value is -5.15. The average Bonchev–Trinajstić information content (AvgIpc) is 3.28. The minimum Gasteiger partial charge on any atom is -0.274 e. The van der Waals surface area contributed by atoms with Gasteiger partial charge in [0, 0.05) is 24.3 Å². The maximum absolute atomic E-state index is 14.4. The molecule has 43 heavy (non-hydrogen) atoms. The number of hydrogen-bond donors (Lipinski definition) is 1. The number of nitro groups is 1. The lowest BCUT2D eigenvalue weighted by atomic mass is 9.47. The van der Waals surface area contributed by atoms with E-state index in [9.17, 15) is 24.5 Å². The van der Waals surface area contributed by atoms with Crippen LogP contribution in [0.25, 0.3) is 0 Å². The van der Waals surface area contributed by atoms with Crippen LogP contribution in [0.15, 0.2) is 102 Å². The van der Waals surface area contributed by atoms with E-state index in [0.717, 1.165) is 22.3 Å². The Bertz CT molecular complexity index is 1820. The fourth-order valence-electron chi connectivity index (χ4n) is 7.09. The number of imide groups is 1. The number of hydrogen-bond acceptors (Lipinski definition) is 6. The van der Waals surface area contributed by atoms with Crippen molar-refractivity contribution < 1.29 is 19.3 Å². The smallest absolute Gasteiger partial charge is 0.269 e. The molecular formula is C33H23ClN4O5. The highest BCUT2D eigenvalue weighted by Crippen LogP contribution is 2.63. The van der Waals surface area contributed by atoms with Crippen molar-refractivity contribution in [1.82, 2.24) is 5.43 Å². The first kappa shape index (κ1) is 26.7. The third-order valence-corrected chi connectivity index (χ3v) is 9.07. The molecule has 0 saturated carbocycles. The summed E-state index contributed by atoms with van der Waals surface area (Å²) in [6, 6.07) is 28.0. The van der Waals surface area contributed by atoms with Crippen LogP contribution in [0.2, 0.25) is 5.02 Å². The number of carbonyl (C=O) groups is 3. The summed E-state index contributed by atoms with van der Waals surface area (Å²) in [4.78, 5) is 53.1. The summed E-state index contributed by atoms with van der Waals surface area (Å²) in [5.74, 6) is -2.99. The number of non-ortho nitro benzene ring substituents is 1. The zero-order valence-electron chi connectivity index (χ0n) is 22.5. The minimum atomic E-state index is -1.14. The normalized spacial score (nSPS) is 23.2. The topological polar surface area (TPSA) is 122 Å². The molecule has 0 spiro atoms. The lowest BCUT2D eigenvalue weighted by Crippen LogP contribution is -2.54. The fraction of sp³-hybridized carbons (Fsp3) is 0.152. The summed E-state index contributed by atoms with van der Waals surface area (Å²) in [6.45, 7) is 0. The van der Waals surface area contributed by atoms with Gasteiger partial charge in [-0.2, -0.15) is 5.10 Å². The van der Waals surface area contributed by atoms with Gasteiger partial charge in [0.1, 0.15) is 0 Å². The zero-order chi connectivity index (χ0) is 29.9. The van der Waals surface area contributed by atoms with Crippen LogP contribution in [0.5, 0.6) is 0 Å². The van der Waals surface area contributed by atoms with Gasteiger partial charge >= 0.3 is 0 Å². The molecule has 1 heterocycles. The van der Waals surface area contributed by atoms with Gasteiger partial charge in [-0.3, -0.25) is 24.5 Å². The van der Waals surface area contributed by atoms with Crippen molar-refractivity contribution in [2.24, 2.45) is 16.9 Å². The molecule has 0 unspecified atom stereocenters. The SMILES string of the molecule is O=C(Cc1ccc([N+](=O)[O-])cc1)N/N=C\C12c3ccccc3C(c3ccccc31)[C@H]1C(=O)N(c3ccccc3Cl)C(=O)[C@H]12. The lowest BCUT2D eigenvalue weighted by Gasteiger charge is -2.52. The quantitative estimate of drug-likeness (QED) is 0.144. The summed E-state index contributed by atoms with van der Waals surface area (Å²) in [6.07, 6.45) is 1.54. The number of para-hydroxylation sites is 1. The Morgan fingerprint density at radius 1 is 0.907 bits per heavy atom. The van der Waals surface area contributed by atoms with Crippen LogP contribution >= 0.6 is 11.6 Å². The van der Waals surface area contributed by atoms with E-state index in [1.54, 1.807) is 30.5 Å². The highest BCUT2D eigenvalue weighted by Gasteiger charge is 2.68. The van der Waals surface area contributed by atoms with Crippen molar-refractivity contribution in [1.29, 1.82) is 0 Å². The predicted molar refractivity (Wildman–Crippen MR) is 160 cm³/mol. The van der Waals surface area contributed by atoms with Crippen LogP contribution < -0.4 is 10.3 Å². The summed E-state index contributed by atoms with van der Waals surface area (Å²) in [5.41, 5.74) is 5.88. The van der Waals surface area contributed by atoms with Crippen LogP contribution in [0.1, 0.15) is 33.7 Å². The van der Waals surface area contributed by atoms with Crippen molar-refractivity contribution in [2.45, 2.75) is 17.8 Å². The Morgan fingerprint density at radius 2 is 1.51 bits per heavy atom. The summed E-state index contributed by atoms with van der Waals surface area (Å²) < 4.78 is 0. The first-order chi connectivity index (χ1) is 20.8. The molecule has 3 amide bonds. The average molecular weight is 591 g/mol. The summed E-state index contributed by atoms with van der Waals surface area (Å²) in [7, 11) is 0. The Balaban J connectivity index is 1.31. The fourth-order valence-corrected chi connectivity index (χ4v) is 7.31. The number of benzene rings is 4. The molecule has 0 radical (unpaired) electrons. The number of hydrazone groups is 1. The van der Waals surface area contributed by atoms with Crippen LogP contribution in [0.3, 0.4) is 0 Å². The number of nitrogens with zero attached hydrogens (tertiary/aromatic N) is 3. The van der Waals surface area contributed by atoms with Gasteiger partial charge in [-0.15, -0.1) is 0 Å². The molecule has 4 aliphatic rings. The van der Waals surface area contributed by atoms with Crippen molar-refractivity contribution in [3.05, 3.63) is 140 Å². The van der Waals surface area contributed by atoms with Crippen LogP contribution in [-0.4, -0.2) is 28.9 Å². The van der Waals surface area contributed by atoms with Gasteiger partial charge in [0.2, 0.25) is 17.7 Å². The molecular weight excluding hydrogens is 568 g/mol. The number of halogens is 1. The monoisotopic (exact) mass is 590 g/mol. The van der Waals surface area contributed by atoms with E-state index in [4.69, 9.17) is 11.6 Å². The van der Waals surface area contributed by atoms with E-state index >= 15 is 0 Å². The van der Waals surface area contributed by atoms with Gasteiger partial charge < -0.3 is 0 Å². The molecule has 4 aromatic rings. The highest BCUT2D eigenvalue weighted by molar-refractivity contribution is 6.36. The van der Waals surface area contributed by atoms with Gasteiger partial charge in [0.15, 0.2) is 0 Å². The number of nitro benzene ring substituents is 1. The zero-order valence-corrected chi connectivity index (χ0v) is 23.3. The molecule has 1 N–H and O–H groups in total. The van der Waals surface area contributed by atoms with Crippen molar-refractivity contribution in [3.8, 4) is 0 Å². The Labute approximate surface area is 250 Å². The standard InChI is InChI=1S/C33H23ClN4O5/c34-25-11-5-6-12-26(25)37-31(40)29-28-21-7-1-3-9-23(21)33(30(29)32(37)41,24-10-4-2-8-22(24)28)18-35-36-27(39)17-19-13-15-20(16-14-19)38(42)43/h1-16,18,28-30H,17H2,(H,36,39)/b35-18-/t28?,29-,30+,33?/m1/s1. The van der Waals surface area contributed by atoms with Gasteiger partial charge in [0.05, 0.1) is 39.3 Å². The molecule has 2 bridgehead atoms. The van der Waals surface area contributed by atoms with Crippen molar-refractivity contribution >= 4 is 46.9 Å². The van der Waals surface area contributed by atoms with E-state index in [0.29, 0.717) is 16.3 Å². The van der Waals surface area contributed by atoms with Crippen LogP contribution in [0.4, 0.5) is 11.4 Å². The first-order valence-corrected chi connectivity index (χ1v) is 14.1. The minimum absolute atomic E-state index is 0.0542. The maximum atomic E-state index is 14.4. The lowest BCUT2D eigenvalue weighted by molar-refractivity contribution is -0.384. The molecule has 9 nitrogen and oxygen atoms in total. The molecule has 3 aliphatic carbocycles. The number of rotatable bonds is 6. The Kier molecular flexibility index (Phi) is 6.21. The van der Waals surface area contributed by atoms with Gasteiger partial charge in [-0.25, -0.2) is 10.3 Å². The molecule has 2 atom stereocenters. The number of anilines is 1. The Morgan fingerprint density at radius 3 is 2.14 bits per heavy atom. The molecule has 1 fully saturated rings. The molecule has 1 saturated heterocycles. The van der Waals surface area contributed by atoms with E-state index < -0.39 is 28.1 Å². The third-order valence-electron chi connectivity index (χ3n) is 8.75. The van der Waals surface area contributed by atoms with Crippen LogP contribution in [0, 0.1) is 22.0 Å². The summed E-state index contributed by atoms with van der Waals surface area (Å²) in [5, 5.41) is 15.6. The first-order valence-electron chi connectivity index (χ1n) is 13.7. The second-order valence-electron chi connectivity index (χ2n) is 10.9. The van der Waals surface area contributed by atoms with Gasteiger partial charge in [0.25, 0.3) is 5.69 Å². The van der Waals surface area contributed by atoms with Crippen molar-refractivity contribution in [3.63, 3.8) is 0 Å². The number of amides is 3. The predicted octanol–water partition coefficient (Wildman–Crippen LogP) is 5.14. The molecule has 1 aliphatic heterocycles. The van der Waals surface area contributed by atoms with Gasteiger partial charge in [-0.05, 0) is 39.9 Å². The molecule has 212 valence electrons. The molecule has 4 aromatic carbocycles.